The van der Waals surface area contributed by atoms with Crippen LogP contribution in [0.4, 0.5) is 4.39 Å². The Kier molecular flexibility index (Phi) is 3.10. The Balaban J connectivity index is 2.46. The monoisotopic (exact) mass is 305 g/mol. The summed E-state index contributed by atoms with van der Waals surface area (Å²) in [6, 6.07) is 4.06. The maximum atomic E-state index is 13.1. The molecule has 2 rings (SSSR count). The van der Waals surface area contributed by atoms with Gasteiger partial charge in [-0.05, 0) is 0 Å². The molecular weight excluding hydrogens is 300 g/mol. The average Bonchev–Trinajstić information content (AvgIpc) is 2.64. The summed E-state index contributed by atoms with van der Waals surface area (Å²) < 4.78 is 13.9. The summed E-state index contributed by atoms with van der Waals surface area (Å²) >= 11 is 5.31. The topological polar surface area (TPSA) is 50.2 Å². The molecule has 0 saturated heterocycles. The van der Waals surface area contributed by atoms with E-state index in [2.05, 4.69) is 4.98 Å². The van der Waals surface area contributed by atoms with E-state index in [4.69, 9.17) is 16.7 Å². The zero-order chi connectivity index (χ0) is 11.7. The molecule has 0 amide bonds. The Morgan fingerprint density at radius 2 is 2.19 bits per heavy atom. The number of carboxylic acids is 1. The third-order valence-corrected chi connectivity index (χ3v) is 4.21. The van der Waals surface area contributed by atoms with Crippen LogP contribution in [0.5, 0.6) is 0 Å². The van der Waals surface area contributed by atoms with Gasteiger partial charge in [-0.1, -0.05) is 0 Å². The first-order valence-corrected chi connectivity index (χ1v) is 6.31. The number of carbonyl (C=O) groups is 1. The third kappa shape index (κ3) is 2.32. The third-order valence-electron chi connectivity index (χ3n) is 1.83. The fraction of sp³-hybridized carbons (Fsp3) is 0. The van der Waals surface area contributed by atoms with Crippen LogP contribution in [-0.2, 0) is 0 Å². The second-order valence-corrected chi connectivity index (χ2v) is 5.59. The van der Waals surface area contributed by atoms with Crippen LogP contribution in [0, 0.1) is 5.82 Å². The molecule has 1 aromatic carbocycles. The molecule has 82 valence electrons. The number of carboxylic acid groups (broad SMARTS) is 1. The van der Waals surface area contributed by atoms with Crippen LogP contribution in [0.3, 0.4) is 0 Å². The van der Waals surface area contributed by atoms with Crippen molar-refractivity contribution in [3.63, 3.8) is 0 Å². The molecule has 6 heteroatoms. The fourth-order valence-electron chi connectivity index (χ4n) is 1.18. The molecule has 2 aromatic rings. The number of nitrogens with zero attached hydrogens (tertiary/aromatic N) is 1. The van der Waals surface area contributed by atoms with Crippen molar-refractivity contribution in [2.75, 3.05) is 0 Å². The van der Waals surface area contributed by atoms with E-state index >= 15 is 0 Å². The van der Waals surface area contributed by atoms with Gasteiger partial charge in [0.2, 0.25) is 0 Å². The number of hydrogen-bond acceptors (Lipinski definition) is 2. The molecule has 0 saturated carbocycles. The van der Waals surface area contributed by atoms with Gasteiger partial charge in [0.05, 0.1) is 0 Å². The van der Waals surface area contributed by atoms with E-state index in [1.807, 2.05) is 0 Å². The summed E-state index contributed by atoms with van der Waals surface area (Å²) in [5, 5.41) is 9.04. The van der Waals surface area contributed by atoms with E-state index in [1.54, 1.807) is 6.07 Å². The van der Waals surface area contributed by atoms with Crippen LogP contribution >= 0.6 is 11.6 Å². The standard InChI is InChI=1S/C10H5ClFNO2Se/c11-6-1-5(2-7(12)3-6)9-13-4-8(16-9)10(14)15/h1-4H,(H,14,15). The molecule has 0 aliphatic carbocycles. The molecule has 0 radical (unpaired) electrons. The van der Waals surface area contributed by atoms with Crippen LogP contribution in [0.1, 0.15) is 9.23 Å². The van der Waals surface area contributed by atoms with Gasteiger partial charge in [0.25, 0.3) is 0 Å². The number of aromatic nitrogens is 1. The van der Waals surface area contributed by atoms with Gasteiger partial charge in [0.1, 0.15) is 0 Å². The van der Waals surface area contributed by atoms with Crippen LogP contribution in [0.2, 0.25) is 5.02 Å². The first-order chi connectivity index (χ1) is 7.56. The van der Waals surface area contributed by atoms with Crippen molar-refractivity contribution >= 4 is 32.1 Å². The predicted molar refractivity (Wildman–Crippen MR) is 58.5 cm³/mol. The van der Waals surface area contributed by atoms with E-state index in [9.17, 15) is 9.18 Å². The Labute approximate surface area is 101 Å². The summed E-state index contributed by atoms with van der Waals surface area (Å²) in [5.41, 5.74) is 0.539. The van der Waals surface area contributed by atoms with Crippen molar-refractivity contribution in [2.45, 2.75) is 0 Å². The second-order valence-electron chi connectivity index (χ2n) is 2.99. The van der Waals surface area contributed by atoms with Crippen molar-refractivity contribution in [3.8, 4) is 10.1 Å². The van der Waals surface area contributed by atoms with Crippen molar-refractivity contribution in [1.82, 2.24) is 4.98 Å². The van der Waals surface area contributed by atoms with Crippen molar-refractivity contribution < 1.29 is 14.3 Å². The second kappa shape index (κ2) is 4.37. The van der Waals surface area contributed by atoms with Crippen LogP contribution in [0.25, 0.3) is 10.1 Å². The molecule has 16 heavy (non-hydrogen) atoms. The fourth-order valence-corrected chi connectivity index (χ4v) is 2.96. The molecular formula is C10H5ClFNO2Se. The van der Waals surface area contributed by atoms with E-state index in [1.165, 1.54) is 18.3 Å². The molecule has 1 heterocycles. The molecule has 0 bridgehead atoms. The molecule has 0 aliphatic rings. The molecule has 1 aromatic heterocycles. The number of benzene rings is 1. The predicted octanol–water partition coefficient (Wildman–Crippen LogP) is 2.30. The number of hydrogen-bond donors (Lipinski definition) is 1. The summed E-state index contributed by atoms with van der Waals surface area (Å²) in [6.45, 7) is 0. The van der Waals surface area contributed by atoms with Crippen molar-refractivity contribution in [1.29, 1.82) is 0 Å². The number of aromatic carboxylic acids is 1. The van der Waals surface area contributed by atoms with Crippen LogP contribution < -0.4 is 0 Å². The van der Waals surface area contributed by atoms with Gasteiger partial charge in [-0.25, -0.2) is 0 Å². The maximum absolute atomic E-state index is 13.1. The first-order valence-electron chi connectivity index (χ1n) is 4.22. The summed E-state index contributed by atoms with van der Waals surface area (Å²) in [5.74, 6) is -1.44. The van der Waals surface area contributed by atoms with Gasteiger partial charge in [-0.3, -0.25) is 0 Å². The van der Waals surface area contributed by atoms with E-state index in [0.717, 1.165) is 0 Å². The molecule has 1 N–H and O–H groups in total. The minimum absolute atomic E-state index is 0.253. The Morgan fingerprint density at radius 1 is 1.44 bits per heavy atom. The average molecular weight is 305 g/mol. The first kappa shape index (κ1) is 11.3. The van der Waals surface area contributed by atoms with Gasteiger partial charge in [-0.15, -0.1) is 0 Å². The zero-order valence-corrected chi connectivity index (χ0v) is 10.2. The van der Waals surface area contributed by atoms with Crippen LogP contribution in [0.15, 0.2) is 24.4 Å². The quantitative estimate of drug-likeness (QED) is 0.866. The Hall–Kier alpha value is -1.16. The van der Waals surface area contributed by atoms with Crippen molar-refractivity contribution in [3.05, 3.63) is 39.7 Å². The summed E-state index contributed by atoms with van der Waals surface area (Å²) in [4.78, 5) is 14.7. The molecule has 0 spiro atoms. The zero-order valence-electron chi connectivity index (χ0n) is 7.78. The molecule has 0 aliphatic heterocycles. The summed E-state index contributed by atoms with van der Waals surface area (Å²) in [6.07, 6.45) is 1.30. The molecule has 0 fully saturated rings. The molecule has 0 unspecified atom stereocenters. The number of rotatable bonds is 2. The SMILES string of the molecule is O=C(O)c1cnc(-c2cc(F)cc(Cl)c2)[se]1. The van der Waals surface area contributed by atoms with Gasteiger partial charge in [-0.2, -0.15) is 0 Å². The summed E-state index contributed by atoms with van der Waals surface area (Å²) in [7, 11) is 0. The normalized spacial score (nSPS) is 10.4. The van der Waals surface area contributed by atoms with Gasteiger partial charge in [0, 0.05) is 0 Å². The Bertz CT molecular complexity index is 535. The Morgan fingerprint density at radius 3 is 2.75 bits per heavy atom. The van der Waals surface area contributed by atoms with E-state index < -0.39 is 26.3 Å². The van der Waals surface area contributed by atoms with Gasteiger partial charge in [0.15, 0.2) is 0 Å². The number of halogens is 2. The molecule has 0 atom stereocenters. The van der Waals surface area contributed by atoms with Crippen molar-refractivity contribution in [2.24, 2.45) is 0 Å². The van der Waals surface area contributed by atoms with E-state index in [-0.39, 0.29) is 9.46 Å². The molecule has 3 nitrogen and oxygen atoms in total. The van der Waals surface area contributed by atoms with E-state index in [0.29, 0.717) is 10.1 Å². The minimum atomic E-state index is -0.985. The van der Waals surface area contributed by atoms with Gasteiger partial charge >= 0.3 is 101 Å². The van der Waals surface area contributed by atoms with Gasteiger partial charge < -0.3 is 0 Å². The van der Waals surface area contributed by atoms with Crippen LogP contribution in [-0.4, -0.2) is 30.6 Å².